The van der Waals surface area contributed by atoms with Crippen LogP contribution in [0.15, 0.2) is 36.4 Å². The second kappa shape index (κ2) is 10.7. The van der Waals surface area contributed by atoms with Crippen LogP contribution in [0.3, 0.4) is 0 Å². The average Bonchev–Trinajstić information content (AvgIpc) is 3.48. The van der Waals surface area contributed by atoms with Gasteiger partial charge in [-0.1, -0.05) is 35.9 Å². The van der Waals surface area contributed by atoms with Gasteiger partial charge in [0.2, 0.25) is 11.8 Å². The number of carbonyl (C=O) groups is 2. The van der Waals surface area contributed by atoms with Crippen LogP contribution in [0.1, 0.15) is 41.4 Å². The topological polar surface area (TPSA) is 65.1 Å². The number of amides is 2. The highest BCUT2D eigenvalue weighted by Crippen LogP contribution is 2.41. The van der Waals surface area contributed by atoms with Crippen molar-refractivity contribution in [2.75, 3.05) is 64.9 Å². The molecule has 1 saturated heterocycles. The number of halogens is 1. The predicted molar refractivity (Wildman–Crippen MR) is 142 cm³/mol. The van der Waals surface area contributed by atoms with E-state index in [0.717, 1.165) is 62.5 Å². The van der Waals surface area contributed by atoms with Crippen LogP contribution in [-0.2, 0) is 16.0 Å². The van der Waals surface area contributed by atoms with E-state index in [-0.39, 0.29) is 24.3 Å². The van der Waals surface area contributed by atoms with Crippen LogP contribution in [0.4, 0.5) is 5.69 Å². The second-order valence-corrected chi connectivity index (χ2v) is 10.8. The van der Waals surface area contributed by atoms with Gasteiger partial charge in [0.1, 0.15) is 5.75 Å². The number of likely N-dealkylation sites (tertiary alicyclic amines) is 1. The van der Waals surface area contributed by atoms with Crippen LogP contribution in [0.5, 0.6) is 5.75 Å². The van der Waals surface area contributed by atoms with E-state index in [9.17, 15) is 9.59 Å². The summed E-state index contributed by atoms with van der Waals surface area (Å²) in [5.74, 6) is 1.30. The minimum absolute atomic E-state index is 0.0469. The number of nitrogens with one attached hydrogen (secondary N) is 1. The Kier molecular flexibility index (Phi) is 7.39. The third-order valence-corrected chi connectivity index (χ3v) is 7.85. The fourth-order valence-electron chi connectivity index (χ4n) is 5.70. The van der Waals surface area contributed by atoms with Crippen molar-refractivity contribution in [1.82, 2.24) is 15.1 Å². The molecule has 0 radical (unpaired) electrons. The molecule has 0 spiro atoms. The van der Waals surface area contributed by atoms with Crippen molar-refractivity contribution in [2.45, 2.75) is 31.1 Å². The summed E-state index contributed by atoms with van der Waals surface area (Å²) in [5, 5.41) is 3.58. The number of para-hydroxylation sites is 1. The van der Waals surface area contributed by atoms with Crippen LogP contribution in [0.25, 0.3) is 0 Å². The smallest absolute Gasteiger partial charge is 0.239 e. The third-order valence-electron chi connectivity index (χ3n) is 7.62. The number of nitrogens with zero attached hydrogens (tertiary/aromatic N) is 3. The average molecular weight is 511 g/mol. The first kappa shape index (κ1) is 24.9. The summed E-state index contributed by atoms with van der Waals surface area (Å²) in [6, 6.07) is 12.1. The van der Waals surface area contributed by atoms with Crippen molar-refractivity contribution < 1.29 is 14.3 Å². The number of carbonyl (C=O) groups excluding carboxylic acids is 2. The molecule has 5 rings (SSSR count). The van der Waals surface area contributed by atoms with Gasteiger partial charge >= 0.3 is 0 Å². The summed E-state index contributed by atoms with van der Waals surface area (Å²) in [4.78, 5) is 32.3. The molecule has 3 aliphatic heterocycles. The minimum atomic E-state index is -0.285. The van der Waals surface area contributed by atoms with E-state index in [1.54, 1.807) is 0 Å². The minimum Gasteiger partial charge on any atom is -0.493 e. The van der Waals surface area contributed by atoms with E-state index >= 15 is 0 Å². The molecule has 36 heavy (non-hydrogen) atoms. The lowest BCUT2D eigenvalue weighted by Crippen LogP contribution is -2.43. The normalized spacial score (nSPS) is 19.3. The summed E-state index contributed by atoms with van der Waals surface area (Å²) in [6.45, 7) is 4.31. The van der Waals surface area contributed by atoms with Gasteiger partial charge < -0.3 is 24.8 Å². The van der Waals surface area contributed by atoms with Crippen LogP contribution >= 0.6 is 11.6 Å². The van der Waals surface area contributed by atoms with Gasteiger partial charge in [0.25, 0.3) is 0 Å². The van der Waals surface area contributed by atoms with Gasteiger partial charge in [-0.15, -0.1) is 0 Å². The molecule has 1 N–H and O–H groups in total. The number of ether oxygens (including phenoxy) is 1. The second-order valence-electron chi connectivity index (χ2n) is 10.3. The number of benzene rings is 2. The molecule has 1 fully saturated rings. The largest absolute Gasteiger partial charge is 0.493 e. The van der Waals surface area contributed by atoms with E-state index in [2.05, 4.69) is 23.5 Å². The van der Waals surface area contributed by atoms with E-state index in [1.165, 1.54) is 11.1 Å². The molecule has 3 aliphatic rings. The van der Waals surface area contributed by atoms with E-state index in [1.807, 2.05) is 47.0 Å². The van der Waals surface area contributed by atoms with Gasteiger partial charge in [-0.2, -0.15) is 0 Å². The van der Waals surface area contributed by atoms with Gasteiger partial charge in [-0.3, -0.25) is 9.59 Å². The lowest BCUT2D eigenvalue weighted by Gasteiger charge is -2.34. The number of likely N-dealkylation sites (N-methyl/N-ethyl adjacent to an activating group) is 1. The Hall–Kier alpha value is -2.77. The van der Waals surface area contributed by atoms with Crippen molar-refractivity contribution >= 4 is 29.1 Å². The number of fused-ring (bicyclic) bond motifs is 2. The fourth-order valence-corrected chi connectivity index (χ4v) is 5.87. The van der Waals surface area contributed by atoms with Crippen LogP contribution < -0.4 is 15.0 Å². The lowest BCUT2D eigenvalue weighted by molar-refractivity contribution is -0.133. The van der Waals surface area contributed by atoms with Gasteiger partial charge in [0, 0.05) is 49.9 Å². The highest BCUT2D eigenvalue weighted by Gasteiger charge is 2.38. The zero-order valence-electron chi connectivity index (χ0n) is 21.1. The predicted octanol–water partition coefficient (Wildman–Crippen LogP) is 3.26. The van der Waals surface area contributed by atoms with Gasteiger partial charge in [0.05, 0.1) is 19.1 Å². The molecule has 0 bridgehead atoms. The monoisotopic (exact) mass is 510 g/mol. The van der Waals surface area contributed by atoms with Crippen molar-refractivity contribution in [3.63, 3.8) is 0 Å². The number of hydrogen-bond acceptors (Lipinski definition) is 5. The van der Waals surface area contributed by atoms with Crippen LogP contribution in [0.2, 0.25) is 5.02 Å². The third kappa shape index (κ3) is 5.18. The molecule has 1 unspecified atom stereocenters. The Balaban J connectivity index is 1.24. The van der Waals surface area contributed by atoms with Crippen molar-refractivity contribution in [1.29, 1.82) is 0 Å². The number of hydrogen-bond donors (Lipinski definition) is 1. The Morgan fingerprint density at radius 2 is 1.94 bits per heavy atom. The summed E-state index contributed by atoms with van der Waals surface area (Å²) in [5.41, 5.74) is 4.44. The zero-order valence-corrected chi connectivity index (χ0v) is 21.9. The molecule has 192 valence electrons. The molecule has 2 amide bonds. The first-order valence-corrected chi connectivity index (χ1v) is 13.3. The molecular weight excluding hydrogens is 476 g/mol. The molecular formula is C28H35ClN4O3. The standard InChI is InChI=1S/C28H35ClN4O3/c1-31(2)14-11-30-26(34)18-33-17-24(23-7-6-21(29)16-25(23)33)28(35)32-12-8-19(9-13-32)22-5-3-4-20-10-15-36-27(20)22/h3-7,16,19,24H,8-15,17-18H2,1-2H3,(H,30,34). The molecule has 8 heteroatoms. The maximum absolute atomic E-state index is 13.7. The quantitative estimate of drug-likeness (QED) is 0.619. The molecule has 0 aromatic heterocycles. The first-order chi connectivity index (χ1) is 17.4. The Bertz CT molecular complexity index is 1130. The SMILES string of the molecule is CN(C)CCNC(=O)CN1CC(C(=O)N2CCC(c3cccc4c3OCC4)CC2)c2ccc(Cl)cc21. The molecule has 7 nitrogen and oxygen atoms in total. The van der Waals surface area contributed by atoms with E-state index in [4.69, 9.17) is 16.3 Å². The van der Waals surface area contributed by atoms with Crippen LogP contribution in [0, 0.1) is 0 Å². The van der Waals surface area contributed by atoms with E-state index < -0.39 is 0 Å². The summed E-state index contributed by atoms with van der Waals surface area (Å²) >= 11 is 6.30. The maximum atomic E-state index is 13.7. The summed E-state index contributed by atoms with van der Waals surface area (Å²) in [7, 11) is 3.95. The van der Waals surface area contributed by atoms with Crippen molar-refractivity contribution in [2.24, 2.45) is 0 Å². The van der Waals surface area contributed by atoms with E-state index in [0.29, 0.717) is 24.0 Å². The molecule has 2 aromatic carbocycles. The van der Waals surface area contributed by atoms with Gasteiger partial charge in [-0.25, -0.2) is 0 Å². The molecule has 2 aromatic rings. The Morgan fingerprint density at radius 3 is 2.72 bits per heavy atom. The maximum Gasteiger partial charge on any atom is 0.239 e. The molecule has 1 atom stereocenters. The number of anilines is 1. The summed E-state index contributed by atoms with van der Waals surface area (Å²) < 4.78 is 5.93. The molecule has 0 saturated carbocycles. The number of piperidine rings is 1. The number of rotatable bonds is 7. The highest BCUT2D eigenvalue weighted by atomic mass is 35.5. The fraction of sp³-hybridized carbons (Fsp3) is 0.500. The highest BCUT2D eigenvalue weighted by molar-refractivity contribution is 6.31. The Morgan fingerprint density at radius 1 is 1.14 bits per heavy atom. The van der Waals surface area contributed by atoms with Crippen molar-refractivity contribution in [3.05, 3.63) is 58.1 Å². The molecule has 0 aliphatic carbocycles. The van der Waals surface area contributed by atoms with Crippen LogP contribution in [-0.4, -0.2) is 81.6 Å². The van der Waals surface area contributed by atoms with Crippen molar-refractivity contribution in [3.8, 4) is 5.75 Å². The van der Waals surface area contributed by atoms with Gasteiger partial charge in [0.15, 0.2) is 0 Å². The lowest BCUT2D eigenvalue weighted by atomic mass is 9.87. The Labute approximate surface area is 218 Å². The van der Waals surface area contributed by atoms with Gasteiger partial charge in [-0.05, 0) is 61.7 Å². The molecule has 3 heterocycles. The summed E-state index contributed by atoms with van der Waals surface area (Å²) in [6.07, 6.45) is 2.85. The first-order valence-electron chi connectivity index (χ1n) is 12.9. The zero-order chi connectivity index (χ0) is 25.2.